The molecule has 1 atom stereocenters. The van der Waals surface area contributed by atoms with E-state index in [1.807, 2.05) is 0 Å². The molecule has 0 aliphatic heterocycles. The van der Waals surface area contributed by atoms with Gasteiger partial charge in [-0.25, -0.2) is 0 Å². The first-order valence-electron chi connectivity index (χ1n) is 30.1. The third-order valence-electron chi connectivity index (χ3n) is 13.3. The highest BCUT2D eigenvalue weighted by Crippen LogP contribution is 2.16. The van der Waals surface area contributed by atoms with Crippen LogP contribution in [0.5, 0.6) is 0 Å². The molecule has 0 rings (SSSR count). The largest absolute Gasteiger partial charge is 0.462 e. The first kappa shape index (κ1) is 66.4. The standard InChI is InChI=1S/C63H114O6/c1-4-7-10-13-16-19-22-25-28-30-31-33-36-39-42-45-48-51-54-57-63(66)69-60(58-67-61(64)55-52-49-46-43-40-37-34-27-24-21-18-15-12-9-6-3)59-68-62(65)56-53-50-47-44-41-38-35-32-29-26-23-20-17-14-11-8-5-2/h16,19,25-29,34,60H,4-15,17-18,20-24,30-33,35-59H2,1-3H3/b19-16-,28-25-,29-26-,34-27-/t60-/m0/s1. The summed E-state index contributed by atoms with van der Waals surface area (Å²) in [5.41, 5.74) is 0. The summed E-state index contributed by atoms with van der Waals surface area (Å²) < 4.78 is 16.9. The molecule has 0 saturated carbocycles. The van der Waals surface area contributed by atoms with Gasteiger partial charge < -0.3 is 14.2 Å². The molecule has 0 radical (unpaired) electrons. The molecule has 0 N–H and O–H groups in total. The second kappa shape index (κ2) is 57.9. The number of unbranched alkanes of at least 4 members (excludes halogenated alkanes) is 36. The Bertz CT molecular complexity index is 1200. The Balaban J connectivity index is 4.37. The predicted molar refractivity (Wildman–Crippen MR) is 298 cm³/mol. The fourth-order valence-corrected chi connectivity index (χ4v) is 8.70. The summed E-state index contributed by atoms with van der Waals surface area (Å²) in [7, 11) is 0. The van der Waals surface area contributed by atoms with Gasteiger partial charge in [0.15, 0.2) is 6.10 Å². The van der Waals surface area contributed by atoms with Crippen molar-refractivity contribution in [2.45, 2.75) is 322 Å². The van der Waals surface area contributed by atoms with Gasteiger partial charge in [-0.1, -0.05) is 243 Å². The monoisotopic (exact) mass is 967 g/mol. The first-order chi connectivity index (χ1) is 34.0. The molecule has 0 spiro atoms. The lowest BCUT2D eigenvalue weighted by molar-refractivity contribution is -0.167. The average Bonchev–Trinajstić information content (AvgIpc) is 3.35. The van der Waals surface area contributed by atoms with Crippen LogP contribution in [0.2, 0.25) is 0 Å². The van der Waals surface area contributed by atoms with Crippen molar-refractivity contribution < 1.29 is 28.6 Å². The third-order valence-corrected chi connectivity index (χ3v) is 13.3. The second-order valence-corrected chi connectivity index (χ2v) is 20.2. The Morgan fingerprint density at radius 2 is 0.522 bits per heavy atom. The molecular weight excluding hydrogens is 853 g/mol. The molecular formula is C63H114O6. The zero-order valence-corrected chi connectivity index (χ0v) is 46.1. The van der Waals surface area contributed by atoms with E-state index in [0.29, 0.717) is 19.3 Å². The van der Waals surface area contributed by atoms with Crippen LogP contribution >= 0.6 is 0 Å². The van der Waals surface area contributed by atoms with Gasteiger partial charge in [-0.2, -0.15) is 0 Å². The van der Waals surface area contributed by atoms with E-state index in [9.17, 15) is 14.4 Å². The van der Waals surface area contributed by atoms with Gasteiger partial charge in [0.25, 0.3) is 0 Å². The molecule has 0 amide bonds. The maximum absolute atomic E-state index is 12.9. The maximum atomic E-state index is 12.9. The molecule has 0 aromatic heterocycles. The average molecular weight is 968 g/mol. The molecule has 69 heavy (non-hydrogen) atoms. The molecule has 0 aliphatic rings. The van der Waals surface area contributed by atoms with E-state index in [4.69, 9.17) is 14.2 Å². The van der Waals surface area contributed by atoms with Crippen molar-refractivity contribution >= 4 is 17.9 Å². The Kier molecular flexibility index (Phi) is 55.7. The minimum Gasteiger partial charge on any atom is -0.462 e. The number of hydrogen-bond acceptors (Lipinski definition) is 6. The fraction of sp³-hybridized carbons (Fsp3) is 0.825. The molecule has 6 nitrogen and oxygen atoms in total. The van der Waals surface area contributed by atoms with Gasteiger partial charge in [-0.3, -0.25) is 14.4 Å². The zero-order chi connectivity index (χ0) is 50.0. The van der Waals surface area contributed by atoms with Gasteiger partial charge in [0.2, 0.25) is 0 Å². The molecule has 0 aromatic carbocycles. The van der Waals surface area contributed by atoms with Gasteiger partial charge in [-0.05, 0) is 103 Å². The summed E-state index contributed by atoms with van der Waals surface area (Å²) in [6.45, 7) is 6.63. The van der Waals surface area contributed by atoms with Gasteiger partial charge in [0, 0.05) is 19.3 Å². The predicted octanol–water partition coefficient (Wildman–Crippen LogP) is 20.2. The highest BCUT2D eigenvalue weighted by molar-refractivity contribution is 5.71. The Morgan fingerprint density at radius 3 is 0.841 bits per heavy atom. The van der Waals surface area contributed by atoms with Gasteiger partial charge in [-0.15, -0.1) is 0 Å². The third kappa shape index (κ3) is 56.2. The first-order valence-corrected chi connectivity index (χ1v) is 30.1. The minimum absolute atomic E-state index is 0.0779. The van der Waals surface area contributed by atoms with Gasteiger partial charge in [0.1, 0.15) is 13.2 Å². The van der Waals surface area contributed by atoms with E-state index in [1.165, 1.54) is 205 Å². The van der Waals surface area contributed by atoms with Gasteiger partial charge in [0.05, 0.1) is 0 Å². The van der Waals surface area contributed by atoms with Crippen LogP contribution < -0.4 is 0 Å². The van der Waals surface area contributed by atoms with Crippen LogP contribution in [-0.2, 0) is 28.6 Å². The van der Waals surface area contributed by atoms with Crippen LogP contribution in [0.3, 0.4) is 0 Å². The lowest BCUT2D eigenvalue weighted by atomic mass is 10.1. The normalized spacial score (nSPS) is 12.3. The molecule has 402 valence electrons. The van der Waals surface area contributed by atoms with Crippen LogP contribution in [0.4, 0.5) is 0 Å². The van der Waals surface area contributed by atoms with E-state index in [0.717, 1.165) is 70.6 Å². The van der Waals surface area contributed by atoms with Crippen LogP contribution in [0, 0.1) is 0 Å². The summed E-state index contributed by atoms with van der Waals surface area (Å²) in [5, 5.41) is 0. The van der Waals surface area contributed by atoms with Crippen molar-refractivity contribution in [1.82, 2.24) is 0 Å². The number of carbonyl (C=O) groups is 3. The summed E-state index contributed by atoms with van der Waals surface area (Å²) in [4.78, 5) is 38.2. The SMILES string of the molecule is CCCCC/C=C\C/C=C\CCCCCCCCCCCC(=O)O[C@@H](COC(=O)CCCCCCC/C=C\CCCCCCCC)COC(=O)CCCCCCCCC/C=C\CCCCCCCC. The lowest BCUT2D eigenvalue weighted by Crippen LogP contribution is -2.30. The maximum Gasteiger partial charge on any atom is 0.306 e. The van der Waals surface area contributed by atoms with Gasteiger partial charge >= 0.3 is 17.9 Å². The van der Waals surface area contributed by atoms with E-state index in [-0.39, 0.29) is 31.1 Å². The Hall–Kier alpha value is -2.63. The molecule has 0 unspecified atom stereocenters. The second-order valence-electron chi connectivity index (χ2n) is 20.2. The summed E-state index contributed by atoms with van der Waals surface area (Å²) >= 11 is 0. The zero-order valence-electron chi connectivity index (χ0n) is 46.1. The number of hydrogen-bond donors (Lipinski definition) is 0. The van der Waals surface area contributed by atoms with E-state index < -0.39 is 6.10 Å². The van der Waals surface area contributed by atoms with Crippen molar-refractivity contribution in [3.8, 4) is 0 Å². The summed E-state index contributed by atoms with van der Waals surface area (Å²) in [6.07, 6.45) is 71.0. The number of ether oxygens (including phenoxy) is 3. The van der Waals surface area contributed by atoms with E-state index in [1.54, 1.807) is 0 Å². The quantitative estimate of drug-likeness (QED) is 0.0262. The Morgan fingerprint density at radius 1 is 0.290 bits per heavy atom. The van der Waals surface area contributed by atoms with E-state index >= 15 is 0 Å². The lowest BCUT2D eigenvalue weighted by Gasteiger charge is -2.18. The summed E-state index contributed by atoms with van der Waals surface area (Å²) in [6, 6.07) is 0. The minimum atomic E-state index is -0.780. The molecule has 0 aromatic rings. The van der Waals surface area contributed by atoms with Crippen LogP contribution in [-0.4, -0.2) is 37.2 Å². The summed E-state index contributed by atoms with van der Waals surface area (Å²) in [5.74, 6) is -0.879. The fourth-order valence-electron chi connectivity index (χ4n) is 8.70. The molecule has 0 saturated heterocycles. The highest BCUT2D eigenvalue weighted by atomic mass is 16.6. The van der Waals surface area contributed by atoms with Crippen LogP contribution in [0.15, 0.2) is 48.6 Å². The van der Waals surface area contributed by atoms with Crippen LogP contribution in [0.25, 0.3) is 0 Å². The molecule has 0 heterocycles. The van der Waals surface area contributed by atoms with Crippen molar-refractivity contribution in [2.24, 2.45) is 0 Å². The topological polar surface area (TPSA) is 78.9 Å². The molecule has 6 heteroatoms. The smallest absolute Gasteiger partial charge is 0.306 e. The van der Waals surface area contributed by atoms with Crippen molar-refractivity contribution in [1.29, 1.82) is 0 Å². The van der Waals surface area contributed by atoms with E-state index in [2.05, 4.69) is 69.4 Å². The highest BCUT2D eigenvalue weighted by Gasteiger charge is 2.19. The Labute approximate surface area is 428 Å². The number of rotatable bonds is 55. The van der Waals surface area contributed by atoms with Crippen molar-refractivity contribution in [3.63, 3.8) is 0 Å². The number of carbonyl (C=O) groups excluding carboxylic acids is 3. The van der Waals surface area contributed by atoms with Crippen molar-refractivity contribution in [2.75, 3.05) is 13.2 Å². The van der Waals surface area contributed by atoms with Crippen molar-refractivity contribution in [3.05, 3.63) is 48.6 Å². The molecule has 0 bridgehead atoms. The molecule has 0 fully saturated rings. The number of allylic oxidation sites excluding steroid dienone is 8. The van der Waals surface area contributed by atoms with Crippen LogP contribution in [0.1, 0.15) is 316 Å². The molecule has 0 aliphatic carbocycles. The number of esters is 3.